The monoisotopic (exact) mass is 542 g/mol. The summed E-state index contributed by atoms with van der Waals surface area (Å²) >= 11 is 0. The van der Waals surface area contributed by atoms with Gasteiger partial charge in [-0.05, 0) is 47.5 Å². The minimum Gasteiger partial charge on any atom is -0.442 e. The molecule has 0 atom stereocenters. The van der Waals surface area contributed by atoms with Gasteiger partial charge in [0.25, 0.3) is 0 Å². The number of nitrogens with one attached hydrogen (secondary N) is 3. The molecule has 198 valence electrons. The Labute approximate surface area is 229 Å². The molecule has 13 heteroatoms. The number of pyridine rings is 4. The average molecular weight is 543 g/mol. The number of fused-ring (bicyclic) bond motifs is 2. The zero-order valence-corrected chi connectivity index (χ0v) is 21.0. The van der Waals surface area contributed by atoms with E-state index in [4.69, 9.17) is 8.83 Å². The van der Waals surface area contributed by atoms with Gasteiger partial charge in [0.05, 0.1) is 29.8 Å². The number of aromatic nitrogens is 10. The standard InChI is InChI=1S/C14H9N5O2.C14H9N5O/c20-14-17-10-5-9(8-1-3-15-4-2-8)12(18-13(10)19-14)11-6-16-7-21-11;1-3-15-4-2-9(1)10-5-11-14(18-7-17-11)19-13(10)12-6-16-8-20-12/h1-7H,(H2,17,18,19,20);1-8H,(H,17,18,19). The molecule has 0 saturated heterocycles. The van der Waals surface area contributed by atoms with E-state index in [9.17, 15) is 4.79 Å². The van der Waals surface area contributed by atoms with Gasteiger partial charge in [-0.15, -0.1) is 0 Å². The van der Waals surface area contributed by atoms with Crippen molar-refractivity contribution in [3.05, 3.63) is 103 Å². The fraction of sp³-hybridized carbons (Fsp3) is 0. The molecule has 0 aliphatic rings. The summed E-state index contributed by atoms with van der Waals surface area (Å²) in [5.74, 6) is 1.15. The fourth-order valence-corrected chi connectivity index (χ4v) is 4.38. The molecule has 13 nitrogen and oxygen atoms in total. The van der Waals surface area contributed by atoms with Gasteiger partial charge in [-0.3, -0.25) is 15.0 Å². The van der Waals surface area contributed by atoms with Gasteiger partial charge in [0.15, 0.2) is 35.6 Å². The molecule has 0 amide bonds. The average Bonchev–Trinajstić information content (AvgIpc) is 3.84. The maximum atomic E-state index is 11.4. The van der Waals surface area contributed by atoms with Crippen molar-refractivity contribution in [2.45, 2.75) is 0 Å². The molecule has 0 aliphatic heterocycles. The molecule has 0 aromatic carbocycles. The molecule has 8 rings (SSSR count). The van der Waals surface area contributed by atoms with Crippen LogP contribution < -0.4 is 5.69 Å². The smallest absolute Gasteiger partial charge is 0.325 e. The summed E-state index contributed by atoms with van der Waals surface area (Å²) in [6.45, 7) is 0. The fourth-order valence-electron chi connectivity index (χ4n) is 4.38. The Morgan fingerprint density at radius 1 is 0.659 bits per heavy atom. The van der Waals surface area contributed by atoms with Crippen LogP contribution in [0.1, 0.15) is 0 Å². The molecular formula is C28H18N10O3. The second kappa shape index (κ2) is 10.1. The van der Waals surface area contributed by atoms with Crippen LogP contribution in [0.2, 0.25) is 0 Å². The Bertz CT molecular complexity index is 2120. The van der Waals surface area contributed by atoms with Crippen LogP contribution in [0.5, 0.6) is 0 Å². The molecule has 0 aliphatic carbocycles. The molecule has 0 saturated carbocycles. The van der Waals surface area contributed by atoms with Crippen LogP contribution in [0.4, 0.5) is 0 Å². The lowest BCUT2D eigenvalue weighted by atomic mass is 10.0. The normalized spacial score (nSPS) is 11.0. The predicted octanol–water partition coefficient (Wildman–Crippen LogP) is 4.64. The van der Waals surface area contributed by atoms with Gasteiger partial charge in [-0.1, -0.05) is 0 Å². The Morgan fingerprint density at radius 2 is 1.24 bits per heavy atom. The lowest BCUT2D eigenvalue weighted by molar-refractivity contribution is 0.570. The molecule has 41 heavy (non-hydrogen) atoms. The molecule has 8 aromatic heterocycles. The van der Waals surface area contributed by atoms with E-state index in [1.54, 1.807) is 43.5 Å². The zero-order chi connectivity index (χ0) is 27.6. The summed E-state index contributed by atoms with van der Waals surface area (Å²) in [7, 11) is 0. The largest absolute Gasteiger partial charge is 0.442 e. The van der Waals surface area contributed by atoms with Crippen molar-refractivity contribution in [3.8, 4) is 45.2 Å². The van der Waals surface area contributed by atoms with Gasteiger partial charge < -0.3 is 18.8 Å². The second-order valence-corrected chi connectivity index (χ2v) is 8.72. The molecule has 3 N–H and O–H groups in total. The lowest BCUT2D eigenvalue weighted by Gasteiger charge is -2.06. The van der Waals surface area contributed by atoms with Crippen LogP contribution in [0.3, 0.4) is 0 Å². The highest BCUT2D eigenvalue weighted by Crippen LogP contribution is 2.33. The van der Waals surface area contributed by atoms with E-state index in [1.165, 1.54) is 12.8 Å². The van der Waals surface area contributed by atoms with E-state index < -0.39 is 0 Å². The van der Waals surface area contributed by atoms with E-state index in [0.29, 0.717) is 39.7 Å². The summed E-state index contributed by atoms with van der Waals surface area (Å²) in [4.78, 5) is 49.0. The van der Waals surface area contributed by atoms with Gasteiger partial charge in [0.1, 0.15) is 11.4 Å². The van der Waals surface area contributed by atoms with E-state index in [2.05, 4.69) is 49.8 Å². The van der Waals surface area contributed by atoms with E-state index >= 15 is 0 Å². The number of hydrogen-bond acceptors (Lipinski definition) is 10. The molecule has 8 aromatic rings. The van der Waals surface area contributed by atoms with Gasteiger partial charge in [0, 0.05) is 35.9 Å². The number of imidazole rings is 2. The summed E-state index contributed by atoms with van der Waals surface area (Å²) < 4.78 is 10.7. The third kappa shape index (κ3) is 4.63. The molecule has 0 spiro atoms. The molecule has 0 fully saturated rings. The van der Waals surface area contributed by atoms with Gasteiger partial charge >= 0.3 is 5.69 Å². The molecule has 0 unspecified atom stereocenters. The van der Waals surface area contributed by atoms with Crippen molar-refractivity contribution >= 4 is 22.3 Å². The van der Waals surface area contributed by atoms with Crippen molar-refractivity contribution in [1.29, 1.82) is 0 Å². The van der Waals surface area contributed by atoms with Crippen molar-refractivity contribution < 1.29 is 8.83 Å². The highest BCUT2D eigenvalue weighted by atomic mass is 16.3. The number of aromatic amines is 3. The quantitative estimate of drug-likeness (QED) is 0.283. The minimum atomic E-state index is -0.298. The van der Waals surface area contributed by atoms with Crippen LogP contribution in [0.25, 0.3) is 67.5 Å². The topological polar surface area (TPSA) is 181 Å². The third-order valence-corrected chi connectivity index (χ3v) is 6.23. The molecule has 0 radical (unpaired) electrons. The van der Waals surface area contributed by atoms with Crippen LogP contribution in [0, 0.1) is 0 Å². The third-order valence-electron chi connectivity index (χ3n) is 6.23. The molecular weight excluding hydrogens is 524 g/mol. The minimum absolute atomic E-state index is 0.298. The van der Waals surface area contributed by atoms with Crippen LogP contribution in [-0.4, -0.2) is 49.8 Å². The Balaban J connectivity index is 0.000000135. The van der Waals surface area contributed by atoms with Gasteiger partial charge in [0.2, 0.25) is 0 Å². The highest BCUT2D eigenvalue weighted by molar-refractivity contribution is 5.88. The molecule has 8 heterocycles. The first-order valence-corrected chi connectivity index (χ1v) is 12.3. The van der Waals surface area contributed by atoms with E-state index in [0.717, 1.165) is 27.8 Å². The number of hydrogen-bond donors (Lipinski definition) is 3. The first-order valence-electron chi connectivity index (χ1n) is 12.3. The summed E-state index contributed by atoms with van der Waals surface area (Å²) in [6.07, 6.45) is 14.5. The van der Waals surface area contributed by atoms with Crippen molar-refractivity contribution in [2.75, 3.05) is 0 Å². The molecule has 0 bridgehead atoms. The second-order valence-electron chi connectivity index (χ2n) is 8.72. The number of rotatable bonds is 4. The first-order chi connectivity index (χ1) is 20.2. The first kappa shape index (κ1) is 23.8. The summed E-state index contributed by atoms with van der Waals surface area (Å²) in [6, 6.07) is 11.5. The number of nitrogens with zero attached hydrogens (tertiary/aromatic N) is 7. The SMILES string of the molecule is O=c1[nH]c2cc(-c3ccncc3)c(-c3cnco3)nc2[nH]1.c1cc(-c2cc3[nH]cnc3nc2-c2cnco2)ccn1. The van der Waals surface area contributed by atoms with Crippen LogP contribution in [0.15, 0.2) is 106 Å². The van der Waals surface area contributed by atoms with Crippen molar-refractivity contribution in [2.24, 2.45) is 0 Å². The van der Waals surface area contributed by atoms with Crippen LogP contribution in [-0.2, 0) is 0 Å². The van der Waals surface area contributed by atoms with E-state index in [1.807, 2.05) is 36.4 Å². The van der Waals surface area contributed by atoms with Crippen LogP contribution >= 0.6 is 0 Å². The maximum absolute atomic E-state index is 11.4. The Morgan fingerprint density at radius 3 is 1.83 bits per heavy atom. The van der Waals surface area contributed by atoms with Gasteiger partial charge in [-0.2, -0.15) is 0 Å². The van der Waals surface area contributed by atoms with E-state index in [-0.39, 0.29) is 5.69 Å². The number of oxazole rings is 2. The Kier molecular flexibility index (Phi) is 5.90. The predicted molar refractivity (Wildman–Crippen MR) is 148 cm³/mol. The number of H-pyrrole nitrogens is 3. The van der Waals surface area contributed by atoms with Gasteiger partial charge in [-0.25, -0.2) is 29.7 Å². The summed E-state index contributed by atoms with van der Waals surface area (Å²) in [5, 5.41) is 0. The lowest BCUT2D eigenvalue weighted by Crippen LogP contribution is -1.99. The maximum Gasteiger partial charge on any atom is 0.325 e. The zero-order valence-electron chi connectivity index (χ0n) is 21.0. The Hall–Kier alpha value is -6.24. The summed E-state index contributed by atoms with van der Waals surface area (Å²) in [5.41, 5.74) is 7.37. The highest BCUT2D eigenvalue weighted by Gasteiger charge is 2.16. The van der Waals surface area contributed by atoms with Crippen molar-refractivity contribution in [3.63, 3.8) is 0 Å². The van der Waals surface area contributed by atoms with Crippen molar-refractivity contribution in [1.82, 2.24) is 49.8 Å².